The molecule has 0 saturated carbocycles. The zero-order valence-corrected chi connectivity index (χ0v) is 12.4. The topological polar surface area (TPSA) is 76.0 Å². The fourth-order valence-electron chi connectivity index (χ4n) is 3.07. The highest BCUT2D eigenvalue weighted by atomic mass is 16.6. The molecule has 114 valence electrons. The third kappa shape index (κ3) is 2.12. The molecule has 5 heteroatoms. The Morgan fingerprint density at radius 3 is 2.52 bits per heavy atom. The lowest BCUT2D eigenvalue weighted by Crippen LogP contribution is -2.41. The first-order valence-electron chi connectivity index (χ1n) is 7.29. The third-order valence-corrected chi connectivity index (χ3v) is 4.12. The molecule has 3 atom stereocenters. The van der Waals surface area contributed by atoms with Crippen LogP contribution in [-0.4, -0.2) is 27.9 Å². The molecule has 2 heterocycles. The minimum atomic E-state index is -1.21. The van der Waals surface area contributed by atoms with Crippen molar-refractivity contribution < 1.29 is 24.5 Å². The van der Waals surface area contributed by atoms with Crippen LogP contribution in [-0.2, 0) is 4.74 Å². The first-order valence-corrected chi connectivity index (χ1v) is 7.29. The second kappa shape index (κ2) is 4.71. The number of aliphatic hydroxyl groups is 2. The molecular formula is C16H20O5. The van der Waals surface area contributed by atoms with E-state index in [9.17, 15) is 15.0 Å². The quantitative estimate of drug-likeness (QED) is 0.836. The molecule has 1 aromatic rings. The van der Waals surface area contributed by atoms with Crippen LogP contribution in [0.25, 0.3) is 0 Å². The number of aliphatic hydroxyl groups excluding tert-OH is 1. The van der Waals surface area contributed by atoms with Crippen LogP contribution in [0.3, 0.4) is 0 Å². The highest BCUT2D eigenvalue weighted by Crippen LogP contribution is 2.48. The average molecular weight is 292 g/mol. The Morgan fingerprint density at radius 2 is 1.90 bits per heavy atom. The van der Waals surface area contributed by atoms with Crippen LogP contribution in [0, 0.1) is 0 Å². The van der Waals surface area contributed by atoms with Crippen molar-refractivity contribution in [2.75, 3.05) is 0 Å². The molecule has 21 heavy (non-hydrogen) atoms. The van der Waals surface area contributed by atoms with Gasteiger partial charge in [-0.2, -0.15) is 0 Å². The average Bonchev–Trinajstić information content (AvgIpc) is 2.89. The lowest BCUT2D eigenvalue weighted by Gasteiger charge is -2.27. The van der Waals surface area contributed by atoms with Crippen LogP contribution in [0.4, 0.5) is 0 Å². The van der Waals surface area contributed by atoms with Gasteiger partial charge in [-0.05, 0) is 20.3 Å². The van der Waals surface area contributed by atoms with Crippen molar-refractivity contribution in [3.63, 3.8) is 0 Å². The van der Waals surface area contributed by atoms with E-state index in [2.05, 4.69) is 0 Å². The molecule has 0 radical (unpaired) electrons. The summed E-state index contributed by atoms with van der Waals surface area (Å²) in [6, 6.07) is 3.58. The van der Waals surface area contributed by atoms with Crippen LogP contribution in [0.5, 0.6) is 5.75 Å². The van der Waals surface area contributed by atoms with Crippen molar-refractivity contribution in [2.45, 2.75) is 57.5 Å². The fourth-order valence-corrected chi connectivity index (χ4v) is 3.07. The highest BCUT2D eigenvalue weighted by molar-refractivity contribution is 5.97. The molecule has 0 unspecified atom stereocenters. The largest absolute Gasteiger partial charge is 0.483 e. The summed E-state index contributed by atoms with van der Waals surface area (Å²) in [6.45, 7) is 5.18. The molecule has 3 rings (SSSR count). The number of cyclic esters (lactones) is 1. The van der Waals surface area contributed by atoms with Gasteiger partial charge < -0.3 is 19.7 Å². The van der Waals surface area contributed by atoms with Crippen molar-refractivity contribution >= 4 is 5.97 Å². The second-order valence-corrected chi connectivity index (χ2v) is 6.27. The van der Waals surface area contributed by atoms with E-state index in [1.807, 2.05) is 13.0 Å². The van der Waals surface area contributed by atoms with Gasteiger partial charge in [-0.1, -0.05) is 25.5 Å². The molecule has 0 bridgehead atoms. The fraction of sp³-hybridized carbons (Fsp3) is 0.562. The van der Waals surface area contributed by atoms with Crippen molar-refractivity contribution in [1.82, 2.24) is 0 Å². The zero-order chi connectivity index (χ0) is 15.4. The Labute approximate surface area is 123 Å². The maximum atomic E-state index is 12.1. The molecule has 0 aliphatic carbocycles. The van der Waals surface area contributed by atoms with Crippen molar-refractivity contribution in [2.24, 2.45) is 0 Å². The number of rotatable bonds is 3. The summed E-state index contributed by atoms with van der Waals surface area (Å²) in [7, 11) is 0. The Hall–Kier alpha value is -1.59. The number of hydrogen-bond acceptors (Lipinski definition) is 5. The zero-order valence-electron chi connectivity index (χ0n) is 12.4. The molecule has 2 N–H and O–H groups in total. The van der Waals surface area contributed by atoms with Gasteiger partial charge in [0.15, 0.2) is 6.10 Å². The van der Waals surface area contributed by atoms with Gasteiger partial charge in [0.2, 0.25) is 0 Å². The summed E-state index contributed by atoms with van der Waals surface area (Å²) in [5.74, 6) is -0.0559. The SMILES string of the molecule is CCC[C@H]1OC(=O)c2c1ccc1c2O[C@@H](C(C)(C)O)[C@H]1O. The van der Waals surface area contributed by atoms with Gasteiger partial charge in [0.25, 0.3) is 0 Å². The monoisotopic (exact) mass is 292 g/mol. The molecule has 5 nitrogen and oxygen atoms in total. The molecule has 0 amide bonds. The van der Waals surface area contributed by atoms with E-state index in [0.29, 0.717) is 16.9 Å². The van der Waals surface area contributed by atoms with Crippen molar-refractivity contribution in [1.29, 1.82) is 0 Å². The van der Waals surface area contributed by atoms with E-state index in [0.717, 1.165) is 18.4 Å². The van der Waals surface area contributed by atoms with Gasteiger partial charge in [0.1, 0.15) is 23.5 Å². The normalized spacial score (nSPS) is 27.1. The van der Waals surface area contributed by atoms with Gasteiger partial charge in [-0.25, -0.2) is 4.79 Å². The third-order valence-electron chi connectivity index (χ3n) is 4.12. The molecule has 2 aliphatic rings. The lowest BCUT2D eigenvalue weighted by molar-refractivity contribution is -0.0764. The maximum absolute atomic E-state index is 12.1. The van der Waals surface area contributed by atoms with Gasteiger partial charge in [-0.15, -0.1) is 0 Å². The Bertz CT molecular complexity index is 587. The Balaban J connectivity index is 2.05. The molecule has 0 spiro atoms. The highest BCUT2D eigenvalue weighted by Gasteiger charge is 2.46. The van der Waals surface area contributed by atoms with Crippen LogP contribution in [0.15, 0.2) is 12.1 Å². The number of esters is 1. The van der Waals surface area contributed by atoms with E-state index >= 15 is 0 Å². The van der Waals surface area contributed by atoms with E-state index in [1.54, 1.807) is 19.9 Å². The first kappa shape index (κ1) is 14.4. The van der Waals surface area contributed by atoms with Gasteiger partial charge in [-0.3, -0.25) is 0 Å². The summed E-state index contributed by atoms with van der Waals surface area (Å²) >= 11 is 0. The number of carbonyl (C=O) groups excluding carboxylic acids is 1. The molecule has 1 aromatic carbocycles. The van der Waals surface area contributed by atoms with Gasteiger partial charge in [0.05, 0.1) is 5.60 Å². The summed E-state index contributed by atoms with van der Waals surface area (Å²) in [5.41, 5.74) is 0.535. The minimum Gasteiger partial charge on any atom is -0.483 e. The molecular weight excluding hydrogens is 272 g/mol. The van der Waals surface area contributed by atoms with Crippen molar-refractivity contribution in [3.8, 4) is 5.75 Å². The molecule has 2 aliphatic heterocycles. The predicted molar refractivity (Wildman–Crippen MR) is 75.2 cm³/mol. The van der Waals surface area contributed by atoms with Gasteiger partial charge in [0, 0.05) is 11.1 Å². The van der Waals surface area contributed by atoms with Crippen LogP contribution in [0.2, 0.25) is 0 Å². The standard InChI is InChI=1S/C16H20O5/c1-4-5-10-8-6-7-9-12(17)14(16(2,3)19)21-13(9)11(8)15(18)20-10/h6-7,10,12,14,17,19H,4-5H2,1-3H3/t10-,12+,14-/m1/s1. The predicted octanol–water partition coefficient (Wildman–Crippen LogP) is 2.26. The number of hydrogen-bond donors (Lipinski definition) is 2. The maximum Gasteiger partial charge on any atom is 0.342 e. The minimum absolute atomic E-state index is 0.246. The van der Waals surface area contributed by atoms with Crippen LogP contribution in [0.1, 0.15) is 67.3 Å². The Morgan fingerprint density at radius 1 is 1.24 bits per heavy atom. The Kier molecular flexibility index (Phi) is 3.22. The lowest BCUT2D eigenvalue weighted by atomic mass is 9.92. The number of ether oxygens (including phenoxy) is 2. The summed E-state index contributed by atoms with van der Waals surface area (Å²) < 4.78 is 11.1. The van der Waals surface area contributed by atoms with E-state index in [4.69, 9.17) is 9.47 Å². The van der Waals surface area contributed by atoms with E-state index in [-0.39, 0.29) is 6.10 Å². The number of fused-ring (bicyclic) bond motifs is 3. The second-order valence-electron chi connectivity index (χ2n) is 6.27. The van der Waals surface area contributed by atoms with E-state index < -0.39 is 23.8 Å². The summed E-state index contributed by atoms with van der Waals surface area (Å²) in [6.07, 6.45) is -0.329. The molecule has 0 saturated heterocycles. The number of carbonyl (C=O) groups is 1. The van der Waals surface area contributed by atoms with Crippen LogP contribution >= 0.6 is 0 Å². The van der Waals surface area contributed by atoms with E-state index in [1.165, 1.54) is 0 Å². The first-order chi connectivity index (χ1) is 9.84. The van der Waals surface area contributed by atoms with Crippen molar-refractivity contribution in [3.05, 3.63) is 28.8 Å². The smallest absolute Gasteiger partial charge is 0.342 e. The van der Waals surface area contributed by atoms with Gasteiger partial charge >= 0.3 is 5.97 Å². The summed E-state index contributed by atoms with van der Waals surface area (Å²) in [4.78, 5) is 12.1. The summed E-state index contributed by atoms with van der Waals surface area (Å²) in [5, 5.41) is 20.4. The van der Waals surface area contributed by atoms with Crippen LogP contribution < -0.4 is 4.74 Å². The molecule has 0 fully saturated rings. The molecule has 0 aromatic heterocycles. The number of benzene rings is 1.